The van der Waals surface area contributed by atoms with E-state index in [0.29, 0.717) is 0 Å². The van der Waals surface area contributed by atoms with Gasteiger partial charge in [0.15, 0.2) is 0 Å². The van der Waals surface area contributed by atoms with Crippen molar-refractivity contribution in [2.75, 3.05) is 0 Å². The van der Waals surface area contributed by atoms with Crippen molar-refractivity contribution in [1.29, 1.82) is 0 Å². The Hall–Kier alpha value is -1.64. The maximum absolute atomic E-state index is 9.99. The summed E-state index contributed by atoms with van der Waals surface area (Å²) in [5, 5.41) is 20.0. The number of hydrogen-bond acceptors (Lipinski definition) is 8. The van der Waals surface area contributed by atoms with E-state index in [2.05, 4.69) is 19.9 Å². The first-order valence-corrected chi connectivity index (χ1v) is 4.56. The zero-order valence-corrected chi connectivity index (χ0v) is 11.8. The molecule has 0 aromatic carbocycles. The van der Waals surface area contributed by atoms with Gasteiger partial charge in [-0.2, -0.15) is 0 Å². The van der Waals surface area contributed by atoms with Crippen molar-refractivity contribution in [3.8, 4) is 0 Å². The summed E-state index contributed by atoms with van der Waals surface area (Å²) in [7, 11) is 0. The van der Waals surface area contributed by atoms with Crippen LogP contribution in [0.3, 0.4) is 0 Å². The standard InChI is InChI=1S/2C5H4N2O2.Ca/c2*8-5(9)4-3-6-1-2-7-4;/h2*1-3H,(H,8,9);/q;;+2/p-2. The molecule has 0 saturated heterocycles. The average Bonchev–Trinajstić information content (AvgIpc) is 2.41. The van der Waals surface area contributed by atoms with E-state index in [4.69, 9.17) is 0 Å². The molecule has 2 aromatic rings. The van der Waals surface area contributed by atoms with Gasteiger partial charge >= 0.3 is 37.7 Å². The molecule has 2 aromatic heterocycles. The fourth-order valence-corrected chi connectivity index (χ4v) is 0.809. The van der Waals surface area contributed by atoms with Gasteiger partial charge in [-0.15, -0.1) is 0 Å². The summed E-state index contributed by atoms with van der Waals surface area (Å²) in [5.74, 6) is -2.61. The van der Waals surface area contributed by atoms with Crippen LogP contribution in [0.5, 0.6) is 0 Å². The van der Waals surface area contributed by atoms with Gasteiger partial charge in [-0.25, -0.2) is 0 Å². The molecule has 0 aliphatic carbocycles. The summed E-state index contributed by atoms with van der Waals surface area (Å²) in [6.45, 7) is 0. The van der Waals surface area contributed by atoms with Crippen LogP contribution < -0.4 is 10.2 Å². The monoisotopic (exact) mass is 286 g/mol. The summed E-state index contributed by atoms with van der Waals surface area (Å²) >= 11 is 0. The largest absolute Gasteiger partial charge is 2.00 e. The molecule has 0 aliphatic heterocycles. The molecular formula is C10H6CaN4O4. The summed E-state index contributed by atoms with van der Waals surface area (Å²) < 4.78 is 0. The summed E-state index contributed by atoms with van der Waals surface area (Å²) in [5.41, 5.74) is -0.282. The predicted octanol–water partition coefficient (Wildman–Crippen LogP) is -2.70. The van der Waals surface area contributed by atoms with Crippen molar-refractivity contribution < 1.29 is 19.8 Å². The fourth-order valence-electron chi connectivity index (χ4n) is 0.809. The number of carboxylic acid groups (broad SMARTS) is 2. The van der Waals surface area contributed by atoms with Gasteiger partial charge in [0.05, 0.1) is 24.3 Å². The first kappa shape index (κ1) is 17.4. The van der Waals surface area contributed by atoms with Crippen molar-refractivity contribution >= 4 is 49.7 Å². The van der Waals surface area contributed by atoms with Gasteiger partial charge < -0.3 is 19.8 Å². The van der Waals surface area contributed by atoms with Gasteiger partial charge in [-0.1, -0.05) is 0 Å². The summed E-state index contributed by atoms with van der Waals surface area (Å²) in [6.07, 6.45) is 7.65. The van der Waals surface area contributed by atoms with E-state index in [1.807, 2.05) is 0 Å². The molecule has 0 bridgehead atoms. The average molecular weight is 286 g/mol. The van der Waals surface area contributed by atoms with Crippen LogP contribution in [-0.2, 0) is 0 Å². The van der Waals surface area contributed by atoms with Crippen molar-refractivity contribution in [2.45, 2.75) is 0 Å². The van der Waals surface area contributed by atoms with E-state index in [-0.39, 0.29) is 49.1 Å². The first-order chi connectivity index (χ1) is 8.61. The van der Waals surface area contributed by atoms with Crippen LogP contribution in [0.15, 0.2) is 37.2 Å². The van der Waals surface area contributed by atoms with Gasteiger partial charge in [0.2, 0.25) is 0 Å². The quantitative estimate of drug-likeness (QED) is 0.545. The van der Waals surface area contributed by atoms with E-state index < -0.39 is 11.9 Å². The van der Waals surface area contributed by atoms with Crippen molar-refractivity contribution in [3.63, 3.8) is 0 Å². The van der Waals surface area contributed by atoms with Crippen LogP contribution in [0.4, 0.5) is 0 Å². The molecule has 92 valence electrons. The van der Waals surface area contributed by atoms with Crippen LogP contribution >= 0.6 is 0 Å². The van der Waals surface area contributed by atoms with Gasteiger partial charge in [0, 0.05) is 24.8 Å². The van der Waals surface area contributed by atoms with E-state index in [9.17, 15) is 19.8 Å². The predicted molar refractivity (Wildman–Crippen MR) is 58.5 cm³/mol. The Labute approximate surface area is 137 Å². The molecule has 0 spiro atoms. The Bertz CT molecular complexity index is 474. The number of aromatic nitrogens is 4. The number of nitrogens with zero attached hydrogens (tertiary/aromatic N) is 4. The molecular weight excluding hydrogens is 280 g/mol. The Morgan fingerprint density at radius 1 is 0.789 bits per heavy atom. The fraction of sp³-hybridized carbons (Fsp3) is 0. The maximum Gasteiger partial charge on any atom is 2.00 e. The molecule has 2 rings (SSSR count). The second-order valence-electron chi connectivity index (χ2n) is 2.76. The van der Waals surface area contributed by atoms with E-state index >= 15 is 0 Å². The van der Waals surface area contributed by atoms with Gasteiger partial charge in [0.1, 0.15) is 11.4 Å². The molecule has 0 radical (unpaired) electrons. The normalized spacial score (nSPS) is 8.42. The Morgan fingerprint density at radius 3 is 1.32 bits per heavy atom. The van der Waals surface area contributed by atoms with Crippen LogP contribution in [0.2, 0.25) is 0 Å². The van der Waals surface area contributed by atoms with Gasteiger partial charge in [-0.05, 0) is 0 Å². The third kappa shape index (κ3) is 6.75. The van der Waals surface area contributed by atoms with Gasteiger partial charge in [0.25, 0.3) is 0 Å². The zero-order chi connectivity index (χ0) is 13.4. The third-order valence-electron chi connectivity index (χ3n) is 1.54. The Balaban J connectivity index is 0.000000324. The van der Waals surface area contributed by atoms with Gasteiger partial charge in [-0.3, -0.25) is 19.9 Å². The van der Waals surface area contributed by atoms with Crippen molar-refractivity contribution in [2.24, 2.45) is 0 Å². The Morgan fingerprint density at radius 2 is 1.16 bits per heavy atom. The van der Waals surface area contributed by atoms with Crippen molar-refractivity contribution in [3.05, 3.63) is 48.6 Å². The number of rotatable bonds is 2. The SMILES string of the molecule is O=C([O-])c1cnccn1.O=C([O-])c1cnccn1.[Ca+2]. The second kappa shape index (κ2) is 9.31. The second-order valence-corrected chi connectivity index (χ2v) is 2.76. The molecule has 19 heavy (non-hydrogen) atoms. The number of hydrogen-bond donors (Lipinski definition) is 0. The number of aromatic carboxylic acids is 2. The molecule has 0 N–H and O–H groups in total. The minimum Gasteiger partial charge on any atom is -0.543 e. The van der Waals surface area contributed by atoms with Crippen LogP contribution in [0, 0.1) is 0 Å². The zero-order valence-electron chi connectivity index (χ0n) is 9.59. The summed E-state index contributed by atoms with van der Waals surface area (Å²) in [4.78, 5) is 33.9. The number of carbonyl (C=O) groups excluding carboxylic acids is 2. The molecule has 8 nitrogen and oxygen atoms in total. The molecule has 2 heterocycles. The minimum atomic E-state index is -1.30. The van der Waals surface area contributed by atoms with E-state index in [1.165, 1.54) is 24.8 Å². The van der Waals surface area contributed by atoms with E-state index in [0.717, 1.165) is 12.4 Å². The van der Waals surface area contributed by atoms with Crippen LogP contribution in [0.25, 0.3) is 0 Å². The van der Waals surface area contributed by atoms with Crippen molar-refractivity contribution in [1.82, 2.24) is 19.9 Å². The maximum atomic E-state index is 9.99. The summed E-state index contributed by atoms with van der Waals surface area (Å²) in [6, 6.07) is 0. The van der Waals surface area contributed by atoms with Crippen LogP contribution in [-0.4, -0.2) is 69.6 Å². The molecule has 9 heteroatoms. The molecule has 0 atom stereocenters. The number of carboxylic acids is 2. The molecule has 0 unspecified atom stereocenters. The Kier molecular flexibility index (Phi) is 8.51. The molecule has 0 fully saturated rings. The molecule has 0 saturated carbocycles. The number of carbonyl (C=O) groups is 2. The first-order valence-electron chi connectivity index (χ1n) is 4.56. The molecule has 0 amide bonds. The van der Waals surface area contributed by atoms with E-state index in [1.54, 1.807) is 0 Å². The topological polar surface area (TPSA) is 132 Å². The molecule has 0 aliphatic rings. The van der Waals surface area contributed by atoms with Crippen LogP contribution in [0.1, 0.15) is 21.0 Å². The smallest absolute Gasteiger partial charge is 0.543 e. The minimum absolute atomic E-state index is 0. The third-order valence-corrected chi connectivity index (χ3v) is 1.54.